The molecule has 3 aromatic carbocycles. The number of hydrogen-bond acceptors (Lipinski definition) is 4. The van der Waals surface area contributed by atoms with Crippen molar-refractivity contribution < 1.29 is 4.79 Å². The molecule has 1 heterocycles. The molecule has 0 fully saturated rings. The number of anilines is 1. The van der Waals surface area contributed by atoms with E-state index < -0.39 is 0 Å². The van der Waals surface area contributed by atoms with E-state index in [4.69, 9.17) is 0 Å². The molecule has 35 heavy (non-hydrogen) atoms. The van der Waals surface area contributed by atoms with Crippen LogP contribution in [0.5, 0.6) is 0 Å². The summed E-state index contributed by atoms with van der Waals surface area (Å²) in [5.74, 6) is 0.219. The molecule has 0 unspecified atom stereocenters. The Kier molecular flexibility index (Phi) is 8.65. The smallest absolute Gasteiger partial charge is 0.323 e. The largest absolute Gasteiger partial charge is 0.323 e. The average molecular weight is 485 g/mol. The summed E-state index contributed by atoms with van der Waals surface area (Å²) in [6.07, 6.45) is 0.835. The van der Waals surface area contributed by atoms with Crippen molar-refractivity contribution in [2.75, 3.05) is 39.0 Å². The summed E-state index contributed by atoms with van der Waals surface area (Å²) in [6, 6.07) is 31.0. The van der Waals surface area contributed by atoms with E-state index in [1.807, 2.05) is 66.8 Å². The first-order chi connectivity index (χ1) is 17.1. The molecular weight excluding hydrogens is 452 g/mol. The number of carbonyl (C=O) groups is 1. The van der Waals surface area contributed by atoms with E-state index >= 15 is 0 Å². The van der Waals surface area contributed by atoms with E-state index in [0.717, 1.165) is 24.2 Å². The van der Waals surface area contributed by atoms with Crippen molar-refractivity contribution in [2.45, 2.75) is 12.3 Å². The molecule has 6 heteroatoms. The van der Waals surface area contributed by atoms with Crippen molar-refractivity contribution in [3.63, 3.8) is 0 Å². The third-order valence-electron chi connectivity index (χ3n) is 5.98. The van der Waals surface area contributed by atoms with Crippen LogP contribution in [0.1, 0.15) is 23.5 Å². The Bertz CT molecular complexity index is 1140. The third-order valence-corrected chi connectivity index (χ3v) is 6.74. The molecular formula is C29H32N4OS. The molecule has 5 nitrogen and oxygen atoms in total. The summed E-state index contributed by atoms with van der Waals surface area (Å²) in [4.78, 5) is 22.0. The van der Waals surface area contributed by atoms with E-state index in [-0.39, 0.29) is 11.9 Å². The van der Waals surface area contributed by atoms with Gasteiger partial charge in [0.2, 0.25) is 0 Å². The number of rotatable bonds is 10. The molecule has 4 aromatic rings. The molecule has 0 atom stereocenters. The van der Waals surface area contributed by atoms with E-state index in [9.17, 15) is 4.79 Å². The molecule has 180 valence electrons. The number of amides is 2. The van der Waals surface area contributed by atoms with Crippen LogP contribution in [0.2, 0.25) is 0 Å². The summed E-state index contributed by atoms with van der Waals surface area (Å²) < 4.78 is 0. The average Bonchev–Trinajstić information content (AvgIpc) is 3.36. The summed E-state index contributed by atoms with van der Waals surface area (Å²) >= 11 is 1.45. The number of thiazole rings is 1. The van der Waals surface area contributed by atoms with Crippen molar-refractivity contribution in [2.24, 2.45) is 0 Å². The standard InChI is InChI=1S/C29H32N4OS/c1-32(2)20-21-33(29(34)31-28-30-27(22-35-28)25-16-10-5-11-17-25)19-18-26(23-12-6-3-7-13-23)24-14-8-4-9-15-24/h3-17,22,26H,18-21H2,1-2H3,(H,30,31,34). The predicted molar refractivity (Wildman–Crippen MR) is 146 cm³/mol. The van der Waals surface area contributed by atoms with Gasteiger partial charge in [-0.05, 0) is 31.6 Å². The fourth-order valence-electron chi connectivity index (χ4n) is 4.06. The lowest BCUT2D eigenvalue weighted by Crippen LogP contribution is -2.40. The number of carbonyl (C=O) groups excluding carboxylic acids is 1. The SMILES string of the molecule is CN(C)CCN(CCC(c1ccccc1)c1ccccc1)C(=O)Nc1nc(-c2ccccc2)cs1. The number of urea groups is 1. The van der Waals surface area contributed by atoms with Gasteiger partial charge in [-0.25, -0.2) is 9.78 Å². The van der Waals surface area contributed by atoms with Gasteiger partial charge in [-0.2, -0.15) is 0 Å². The first kappa shape index (κ1) is 24.6. The molecule has 0 spiro atoms. The van der Waals surface area contributed by atoms with Gasteiger partial charge in [0.05, 0.1) is 5.69 Å². The molecule has 0 saturated heterocycles. The normalized spacial score (nSPS) is 11.1. The number of hydrogen-bond donors (Lipinski definition) is 1. The van der Waals surface area contributed by atoms with Gasteiger partial charge in [0.25, 0.3) is 0 Å². The zero-order chi connectivity index (χ0) is 24.5. The zero-order valence-electron chi connectivity index (χ0n) is 20.3. The number of nitrogens with one attached hydrogen (secondary N) is 1. The van der Waals surface area contributed by atoms with Gasteiger partial charge in [-0.3, -0.25) is 5.32 Å². The van der Waals surface area contributed by atoms with Crippen molar-refractivity contribution in [3.05, 3.63) is 108 Å². The predicted octanol–water partition coefficient (Wildman–Crippen LogP) is 6.43. The Morgan fingerprint density at radius 1 is 0.829 bits per heavy atom. The van der Waals surface area contributed by atoms with Crippen LogP contribution in [0.15, 0.2) is 96.4 Å². The molecule has 0 radical (unpaired) electrons. The van der Waals surface area contributed by atoms with Gasteiger partial charge in [0, 0.05) is 36.5 Å². The third kappa shape index (κ3) is 7.01. The number of aromatic nitrogens is 1. The van der Waals surface area contributed by atoms with Crippen LogP contribution < -0.4 is 5.32 Å². The molecule has 0 aliphatic rings. The van der Waals surface area contributed by atoms with Crippen molar-refractivity contribution >= 4 is 22.5 Å². The highest BCUT2D eigenvalue weighted by Gasteiger charge is 2.20. The van der Waals surface area contributed by atoms with Crippen LogP contribution in [0.4, 0.5) is 9.93 Å². The molecule has 0 aliphatic heterocycles. The topological polar surface area (TPSA) is 48.5 Å². The lowest BCUT2D eigenvalue weighted by molar-refractivity contribution is 0.203. The lowest BCUT2D eigenvalue weighted by Gasteiger charge is -2.27. The minimum atomic E-state index is -0.110. The fraction of sp³-hybridized carbons (Fsp3) is 0.241. The summed E-state index contributed by atoms with van der Waals surface area (Å²) in [6.45, 7) is 2.08. The van der Waals surface area contributed by atoms with E-state index in [1.54, 1.807) is 0 Å². The molecule has 0 bridgehead atoms. The molecule has 1 aromatic heterocycles. The second-order valence-corrected chi connectivity index (χ2v) is 9.65. The number of benzene rings is 3. The Labute approximate surface area is 212 Å². The second kappa shape index (κ2) is 12.3. The van der Waals surface area contributed by atoms with Gasteiger partial charge < -0.3 is 9.80 Å². The molecule has 1 N–H and O–H groups in total. The van der Waals surface area contributed by atoms with Gasteiger partial charge in [-0.15, -0.1) is 11.3 Å². The maximum absolute atomic E-state index is 13.3. The maximum atomic E-state index is 13.3. The number of nitrogens with zero attached hydrogens (tertiary/aromatic N) is 3. The molecule has 4 rings (SSSR count). The number of likely N-dealkylation sites (N-methyl/N-ethyl adjacent to an activating group) is 1. The van der Waals surface area contributed by atoms with Crippen molar-refractivity contribution in [1.82, 2.24) is 14.8 Å². The van der Waals surface area contributed by atoms with Crippen molar-refractivity contribution in [1.29, 1.82) is 0 Å². The highest BCUT2D eigenvalue weighted by atomic mass is 32.1. The minimum absolute atomic E-state index is 0.110. The fourth-order valence-corrected chi connectivity index (χ4v) is 4.77. The quantitative estimate of drug-likeness (QED) is 0.282. The summed E-state index contributed by atoms with van der Waals surface area (Å²) in [7, 11) is 4.06. The Morgan fingerprint density at radius 3 is 1.97 bits per heavy atom. The maximum Gasteiger partial charge on any atom is 0.323 e. The summed E-state index contributed by atoms with van der Waals surface area (Å²) in [5.41, 5.74) is 4.44. The van der Waals surface area contributed by atoms with Crippen LogP contribution in [-0.4, -0.2) is 54.5 Å². The Hall–Kier alpha value is -3.48. The van der Waals surface area contributed by atoms with Gasteiger partial charge >= 0.3 is 6.03 Å². The van der Waals surface area contributed by atoms with E-state index in [1.165, 1.54) is 22.5 Å². The first-order valence-corrected chi connectivity index (χ1v) is 12.8. The Morgan fingerprint density at radius 2 is 1.40 bits per heavy atom. The van der Waals surface area contributed by atoms with Crippen LogP contribution in [-0.2, 0) is 0 Å². The Balaban J connectivity index is 1.48. The van der Waals surface area contributed by atoms with Crippen molar-refractivity contribution in [3.8, 4) is 11.3 Å². The van der Waals surface area contributed by atoms with Crippen LogP contribution >= 0.6 is 11.3 Å². The van der Waals surface area contributed by atoms with Gasteiger partial charge in [0.1, 0.15) is 0 Å². The van der Waals surface area contributed by atoms with Crippen LogP contribution in [0.3, 0.4) is 0 Å². The highest BCUT2D eigenvalue weighted by molar-refractivity contribution is 7.14. The first-order valence-electron chi connectivity index (χ1n) is 11.9. The minimum Gasteiger partial charge on any atom is -0.323 e. The van der Waals surface area contributed by atoms with E-state index in [2.05, 4.69) is 63.7 Å². The zero-order valence-corrected chi connectivity index (χ0v) is 21.1. The van der Waals surface area contributed by atoms with Gasteiger partial charge in [-0.1, -0.05) is 91.0 Å². The lowest BCUT2D eigenvalue weighted by atomic mass is 9.88. The summed E-state index contributed by atoms with van der Waals surface area (Å²) in [5, 5.41) is 5.63. The highest BCUT2D eigenvalue weighted by Crippen LogP contribution is 2.29. The molecule has 0 saturated carbocycles. The second-order valence-electron chi connectivity index (χ2n) is 8.79. The monoisotopic (exact) mass is 484 g/mol. The molecule has 2 amide bonds. The van der Waals surface area contributed by atoms with E-state index in [0.29, 0.717) is 18.2 Å². The van der Waals surface area contributed by atoms with Crippen LogP contribution in [0, 0.1) is 0 Å². The van der Waals surface area contributed by atoms with Gasteiger partial charge in [0.15, 0.2) is 5.13 Å². The molecule has 0 aliphatic carbocycles. The van der Waals surface area contributed by atoms with Crippen LogP contribution in [0.25, 0.3) is 11.3 Å².